The van der Waals surface area contributed by atoms with Crippen LogP contribution in [-0.2, 0) is 14.8 Å². The van der Waals surface area contributed by atoms with Crippen molar-refractivity contribution >= 4 is 15.7 Å². The predicted molar refractivity (Wildman–Crippen MR) is 95.1 cm³/mol. The van der Waals surface area contributed by atoms with E-state index in [1.165, 1.54) is 4.31 Å². The smallest absolute Gasteiger partial charge is 0.264 e. The van der Waals surface area contributed by atoms with E-state index >= 15 is 0 Å². The van der Waals surface area contributed by atoms with Gasteiger partial charge in [-0.2, -0.15) is 0 Å². The molecule has 130 valence electrons. The molecule has 0 amide bonds. The summed E-state index contributed by atoms with van der Waals surface area (Å²) in [5, 5.41) is 0. The van der Waals surface area contributed by atoms with Crippen LogP contribution in [0.25, 0.3) is 0 Å². The van der Waals surface area contributed by atoms with Crippen LogP contribution in [0.1, 0.15) is 13.8 Å². The summed E-state index contributed by atoms with van der Waals surface area (Å²) in [7, 11) is -3.60. The first-order valence-electron chi connectivity index (χ1n) is 7.98. The van der Waals surface area contributed by atoms with Crippen LogP contribution in [0.5, 0.6) is 5.75 Å². The number of sulfonamides is 1. The van der Waals surface area contributed by atoms with Gasteiger partial charge in [0, 0.05) is 13.2 Å². The summed E-state index contributed by atoms with van der Waals surface area (Å²) in [4.78, 5) is 0.241. The third kappa shape index (κ3) is 4.49. The van der Waals surface area contributed by atoms with Crippen LogP contribution in [0.2, 0.25) is 0 Å². The van der Waals surface area contributed by atoms with Gasteiger partial charge in [0.15, 0.2) is 0 Å². The monoisotopic (exact) mass is 349 g/mol. The van der Waals surface area contributed by atoms with Gasteiger partial charge in [0.2, 0.25) is 0 Å². The van der Waals surface area contributed by atoms with Crippen molar-refractivity contribution in [2.45, 2.75) is 18.7 Å². The number of anilines is 1. The quantitative estimate of drug-likeness (QED) is 0.652. The fourth-order valence-electron chi connectivity index (χ4n) is 2.28. The molecule has 0 fully saturated rings. The molecule has 2 aromatic carbocycles. The lowest BCUT2D eigenvalue weighted by molar-refractivity contribution is 0.110. The van der Waals surface area contributed by atoms with E-state index in [0.717, 1.165) is 0 Å². The molecular formula is C18H23NO4S. The third-order valence-electron chi connectivity index (χ3n) is 3.44. The molecule has 0 saturated carbocycles. The molecule has 5 nitrogen and oxygen atoms in total. The minimum Gasteiger partial charge on any atom is -0.491 e. The Bertz CT molecular complexity index is 714. The summed E-state index contributed by atoms with van der Waals surface area (Å²) < 4.78 is 37.8. The van der Waals surface area contributed by atoms with Crippen molar-refractivity contribution in [1.82, 2.24) is 0 Å². The highest BCUT2D eigenvalue weighted by molar-refractivity contribution is 7.92. The molecule has 0 aliphatic heterocycles. The molecule has 0 spiro atoms. The molecule has 6 heteroatoms. The molecule has 0 saturated heterocycles. The van der Waals surface area contributed by atoms with Crippen molar-refractivity contribution in [1.29, 1.82) is 0 Å². The molecule has 24 heavy (non-hydrogen) atoms. The van der Waals surface area contributed by atoms with Crippen molar-refractivity contribution in [2.75, 3.05) is 30.7 Å². The van der Waals surface area contributed by atoms with E-state index < -0.39 is 10.0 Å². The number of hydrogen-bond acceptors (Lipinski definition) is 4. The van der Waals surface area contributed by atoms with Gasteiger partial charge in [0.05, 0.1) is 17.2 Å². The maximum Gasteiger partial charge on any atom is 0.264 e. The topological polar surface area (TPSA) is 55.8 Å². The molecule has 0 aliphatic carbocycles. The number of ether oxygens (including phenoxy) is 2. The van der Waals surface area contributed by atoms with Crippen molar-refractivity contribution in [3.05, 3.63) is 54.6 Å². The van der Waals surface area contributed by atoms with Gasteiger partial charge in [0.25, 0.3) is 10.0 Å². The maximum atomic E-state index is 12.8. The normalized spacial score (nSPS) is 11.2. The Labute approximate surface area is 143 Å². The first kappa shape index (κ1) is 18.3. The summed E-state index contributed by atoms with van der Waals surface area (Å²) in [6, 6.07) is 15.5. The lowest BCUT2D eigenvalue weighted by Gasteiger charge is -2.23. The highest BCUT2D eigenvalue weighted by Crippen LogP contribution is 2.24. The van der Waals surface area contributed by atoms with E-state index in [0.29, 0.717) is 37.8 Å². The van der Waals surface area contributed by atoms with E-state index in [9.17, 15) is 8.42 Å². The molecule has 2 rings (SSSR count). The zero-order valence-corrected chi connectivity index (χ0v) is 14.8. The first-order chi connectivity index (χ1) is 11.6. The number of hydrogen-bond donors (Lipinski definition) is 0. The van der Waals surface area contributed by atoms with Gasteiger partial charge in [-0.3, -0.25) is 4.31 Å². The van der Waals surface area contributed by atoms with Gasteiger partial charge < -0.3 is 9.47 Å². The Kier molecular flexibility index (Phi) is 6.63. The summed E-state index contributed by atoms with van der Waals surface area (Å²) in [6.07, 6.45) is 0. The van der Waals surface area contributed by atoms with Crippen molar-refractivity contribution < 1.29 is 17.9 Å². The third-order valence-corrected chi connectivity index (χ3v) is 5.36. The standard InChI is InChI=1S/C18H23NO4S/c1-3-19(16-8-6-5-7-9-16)24(20,21)18-12-10-17(11-13-18)23-15-14-22-4-2/h5-13H,3-4,14-15H2,1-2H3. The molecule has 0 unspecified atom stereocenters. The van der Waals surface area contributed by atoms with Crippen LogP contribution >= 0.6 is 0 Å². The Morgan fingerprint density at radius 3 is 2.17 bits per heavy atom. The van der Waals surface area contributed by atoms with Gasteiger partial charge >= 0.3 is 0 Å². The molecule has 0 radical (unpaired) electrons. The molecule has 0 atom stereocenters. The van der Waals surface area contributed by atoms with Gasteiger partial charge in [-0.05, 0) is 50.2 Å². The fraction of sp³-hybridized carbons (Fsp3) is 0.333. The number of nitrogens with zero attached hydrogens (tertiary/aromatic N) is 1. The summed E-state index contributed by atoms with van der Waals surface area (Å²) in [6.45, 7) is 5.69. The van der Waals surface area contributed by atoms with Gasteiger partial charge in [-0.15, -0.1) is 0 Å². The second-order valence-electron chi connectivity index (χ2n) is 5.02. The van der Waals surface area contributed by atoms with Gasteiger partial charge in [-0.1, -0.05) is 18.2 Å². The van der Waals surface area contributed by atoms with Crippen molar-refractivity contribution in [3.8, 4) is 5.75 Å². The molecule has 0 aliphatic rings. The van der Waals surface area contributed by atoms with E-state index in [2.05, 4.69) is 0 Å². The first-order valence-corrected chi connectivity index (χ1v) is 9.42. The van der Waals surface area contributed by atoms with Crippen LogP contribution in [0.3, 0.4) is 0 Å². The zero-order chi connectivity index (χ0) is 17.4. The van der Waals surface area contributed by atoms with Gasteiger partial charge in [0.1, 0.15) is 12.4 Å². The Morgan fingerprint density at radius 1 is 0.917 bits per heavy atom. The number of rotatable bonds is 9. The van der Waals surface area contributed by atoms with Crippen LogP contribution in [0.4, 0.5) is 5.69 Å². The average molecular weight is 349 g/mol. The van der Waals surface area contributed by atoms with Crippen LogP contribution in [-0.4, -0.2) is 34.8 Å². The Morgan fingerprint density at radius 2 is 1.58 bits per heavy atom. The second-order valence-corrected chi connectivity index (χ2v) is 6.88. The van der Waals surface area contributed by atoms with Crippen LogP contribution < -0.4 is 9.04 Å². The van der Waals surface area contributed by atoms with Crippen molar-refractivity contribution in [2.24, 2.45) is 0 Å². The van der Waals surface area contributed by atoms with E-state index in [1.807, 2.05) is 32.0 Å². The second kappa shape index (κ2) is 8.70. The highest BCUT2D eigenvalue weighted by Gasteiger charge is 2.23. The minimum absolute atomic E-state index is 0.241. The average Bonchev–Trinajstić information content (AvgIpc) is 2.60. The summed E-state index contributed by atoms with van der Waals surface area (Å²) in [5.41, 5.74) is 0.650. The molecular weight excluding hydrogens is 326 g/mol. The van der Waals surface area contributed by atoms with Crippen LogP contribution in [0.15, 0.2) is 59.5 Å². The number of para-hydroxylation sites is 1. The summed E-state index contributed by atoms with van der Waals surface area (Å²) in [5.74, 6) is 0.622. The largest absolute Gasteiger partial charge is 0.491 e. The van der Waals surface area contributed by atoms with Crippen LogP contribution in [0, 0.1) is 0 Å². The Balaban J connectivity index is 2.14. The molecule has 0 bridgehead atoms. The lowest BCUT2D eigenvalue weighted by Crippen LogP contribution is -2.30. The molecule has 0 N–H and O–H groups in total. The van der Waals surface area contributed by atoms with Gasteiger partial charge in [-0.25, -0.2) is 8.42 Å². The molecule has 0 aromatic heterocycles. The fourth-order valence-corrected chi connectivity index (χ4v) is 3.76. The Hall–Kier alpha value is -2.05. The maximum absolute atomic E-state index is 12.8. The van der Waals surface area contributed by atoms with Crippen molar-refractivity contribution in [3.63, 3.8) is 0 Å². The number of benzene rings is 2. The SMILES string of the molecule is CCOCCOc1ccc(S(=O)(=O)N(CC)c2ccccc2)cc1. The highest BCUT2D eigenvalue weighted by atomic mass is 32.2. The van der Waals surface area contributed by atoms with E-state index in [-0.39, 0.29) is 4.90 Å². The zero-order valence-electron chi connectivity index (χ0n) is 14.0. The summed E-state index contributed by atoms with van der Waals surface area (Å²) >= 11 is 0. The molecule has 0 heterocycles. The minimum atomic E-state index is -3.60. The van der Waals surface area contributed by atoms with E-state index in [4.69, 9.17) is 9.47 Å². The molecule has 2 aromatic rings. The van der Waals surface area contributed by atoms with E-state index in [1.54, 1.807) is 36.4 Å². The predicted octanol–water partition coefficient (Wildman–Crippen LogP) is 3.32. The lowest BCUT2D eigenvalue weighted by atomic mass is 10.3.